The van der Waals surface area contributed by atoms with Crippen molar-refractivity contribution >= 4 is 17.3 Å². The maximum absolute atomic E-state index is 7.00. The minimum atomic E-state index is -0.0507. The van der Waals surface area contributed by atoms with Gasteiger partial charge in [0.2, 0.25) is 5.69 Å². The first-order valence-electron chi connectivity index (χ1n) is 4.66. The number of nitrogens with zero attached hydrogens (tertiary/aromatic N) is 1. The number of methoxy groups -OCH3 is 1. The Morgan fingerprint density at radius 1 is 1.33 bits per heavy atom. The lowest BCUT2D eigenvalue weighted by Gasteiger charge is -2.22. The molecule has 0 radical (unpaired) electrons. The van der Waals surface area contributed by atoms with Crippen LogP contribution in [0, 0.1) is 6.57 Å². The molecule has 3 heteroatoms. The van der Waals surface area contributed by atoms with Gasteiger partial charge in [-0.1, -0.05) is 44.5 Å². The Labute approximate surface area is 95.6 Å². The van der Waals surface area contributed by atoms with Gasteiger partial charge in [-0.3, -0.25) is 0 Å². The Morgan fingerprint density at radius 2 is 1.93 bits per heavy atom. The minimum absolute atomic E-state index is 0.0507. The molecule has 0 saturated carbocycles. The highest BCUT2D eigenvalue weighted by Crippen LogP contribution is 2.41. The molecule has 0 heterocycles. The molecule has 80 valence electrons. The highest BCUT2D eigenvalue weighted by Gasteiger charge is 2.21. The zero-order valence-corrected chi connectivity index (χ0v) is 10.1. The van der Waals surface area contributed by atoms with Crippen molar-refractivity contribution in [3.8, 4) is 5.75 Å². The third-order valence-corrected chi connectivity index (χ3v) is 2.58. The molecular formula is C12H14ClNO. The van der Waals surface area contributed by atoms with E-state index in [1.807, 2.05) is 6.07 Å². The zero-order chi connectivity index (χ0) is 11.6. The smallest absolute Gasteiger partial charge is 0.229 e. The molecule has 0 saturated heterocycles. The van der Waals surface area contributed by atoms with Gasteiger partial charge in [-0.05, 0) is 11.0 Å². The molecule has 2 nitrogen and oxygen atoms in total. The first-order valence-corrected chi connectivity index (χ1v) is 5.04. The van der Waals surface area contributed by atoms with E-state index < -0.39 is 0 Å². The Bertz CT molecular complexity index is 413. The van der Waals surface area contributed by atoms with E-state index in [0.29, 0.717) is 16.5 Å². The number of benzene rings is 1. The van der Waals surface area contributed by atoms with Crippen LogP contribution in [0.3, 0.4) is 0 Å². The monoisotopic (exact) mass is 223 g/mol. The molecule has 0 aromatic heterocycles. The lowest BCUT2D eigenvalue weighted by Crippen LogP contribution is -2.12. The maximum atomic E-state index is 7.00. The number of rotatable bonds is 1. The van der Waals surface area contributed by atoms with E-state index in [-0.39, 0.29) is 5.41 Å². The van der Waals surface area contributed by atoms with Gasteiger partial charge in [-0.2, -0.15) is 0 Å². The molecule has 15 heavy (non-hydrogen) atoms. The fourth-order valence-corrected chi connectivity index (χ4v) is 1.93. The maximum Gasteiger partial charge on any atom is 0.229 e. The molecule has 0 atom stereocenters. The van der Waals surface area contributed by atoms with Crippen molar-refractivity contribution in [2.24, 2.45) is 0 Å². The average molecular weight is 224 g/mol. The van der Waals surface area contributed by atoms with Crippen LogP contribution in [-0.4, -0.2) is 7.11 Å². The molecule has 1 aromatic rings. The van der Waals surface area contributed by atoms with E-state index in [4.69, 9.17) is 22.9 Å². The summed E-state index contributed by atoms with van der Waals surface area (Å²) in [5.74, 6) is 0.471. The molecule has 1 rings (SSSR count). The van der Waals surface area contributed by atoms with Crippen molar-refractivity contribution in [2.45, 2.75) is 26.2 Å². The van der Waals surface area contributed by atoms with Crippen molar-refractivity contribution in [3.05, 3.63) is 34.1 Å². The predicted molar refractivity (Wildman–Crippen MR) is 63.0 cm³/mol. The second kappa shape index (κ2) is 4.12. The van der Waals surface area contributed by atoms with Gasteiger partial charge in [0.1, 0.15) is 5.75 Å². The second-order valence-corrected chi connectivity index (χ2v) is 4.72. The topological polar surface area (TPSA) is 13.6 Å². The minimum Gasteiger partial charge on any atom is -0.506 e. The predicted octanol–water partition coefficient (Wildman–Crippen LogP) is 4.20. The molecule has 0 aliphatic heterocycles. The Hall–Kier alpha value is -1.20. The van der Waals surface area contributed by atoms with Crippen molar-refractivity contribution in [1.29, 1.82) is 0 Å². The summed E-state index contributed by atoms with van der Waals surface area (Å²) in [6, 6.07) is 3.64. The summed E-state index contributed by atoms with van der Waals surface area (Å²) in [5, 5.41) is 0.540. The fraction of sp³-hybridized carbons (Fsp3) is 0.417. The van der Waals surface area contributed by atoms with E-state index in [1.165, 1.54) is 7.11 Å². The highest BCUT2D eigenvalue weighted by atomic mass is 35.5. The molecular weight excluding hydrogens is 210 g/mol. The molecule has 0 fully saturated rings. The van der Waals surface area contributed by atoms with Gasteiger partial charge in [0.15, 0.2) is 0 Å². The summed E-state index contributed by atoms with van der Waals surface area (Å²) in [4.78, 5) is 3.37. The summed E-state index contributed by atoms with van der Waals surface area (Å²) < 4.78 is 5.16. The largest absolute Gasteiger partial charge is 0.506 e. The number of halogens is 1. The SMILES string of the molecule is [C-]#[N+]c1ccc(C(C)(C)C)c(Cl)c1OC. The first-order chi connectivity index (χ1) is 6.91. The Kier molecular flexibility index (Phi) is 3.26. The zero-order valence-electron chi connectivity index (χ0n) is 9.39. The molecule has 0 unspecified atom stereocenters. The van der Waals surface area contributed by atoms with Crippen LogP contribution in [0.25, 0.3) is 4.85 Å². The average Bonchev–Trinajstić information content (AvgIpc) is 2.15. The van der Waals surface area contributed by atoms with Gasteiger partial charge in [-0.15, -0.1) is 0 Å². The van der Waals surface area contributed by atoms with Crippen molar-refractivity contribution in [1.82, 2.24) is 0 Å². The van der Waals surface area contributed by atoms with Crippen LogP contribution in [0.2, 0.25) is 5.02 Å². The summed E-state index contributed by atoms with van der Waals surface area (Å²) in [7, 11) is 1.53. The van der Waals surface area contributed by atoms with E-state index in [9.17, 15) is 0 Å². The lowest BCUT2D eigenvalue weighted by molar-refractivity contribution is 0.415. The van der Waals surface area contributed by atoms with Crippen LogP contribution in [0.15, 0.2) is 12.1 Å². The molecule has 0 aliphatic rings. The van der Waals surface area contributed by atoms with Gasteiger partial charge in [0.05, 0.1) is 18.7 Å². The van der Waals surface area contributed by atoms with Crippen LogP contribution < -0.4 is 4.74 Å². The van der Waals surface area contributed by atoms with Crippen LogP contribution in [-0.2, 0) is 5.41 Å². The van der Waals surface area contributed by atoms with E-state index in [1.54, 1.807) is 6.07 Å². The van der Waals surface area contributed by atoms with Gasteiger partial charge in [-0.25, -0.2) is 4.85 Å². The molecule has 0 spiro atoms. The standard InChI is InChI=1S/C12H14ClNO/c1-12(2,3)8-6-7-9(14-4)11(15-5)10(8)13/h6-7H,1-3,5H3. The molecule has 0 amide bonds. The quantitative estimate of drug-likeness (QED) is 0.651. The van der Waals surface area contributed by atoms with E-state index in [0.717, 1.165) is 5.56 Å². The van der Waals surface area contributed by atoms with Crippen molar-refractivity contribution in [3.63, 3.8) is 0 Å². The van der Waals surface area contributed by atoms with Crippen molar-refractivity contribution < 1.29 is 4.74 Å². The van der Waals surface area contributed by atoms with Crippen LogP contribution in [0.4, 0.5) is 5.69 Å². The second-order valence-electron chi connectivity index (χ2n) is 4.34. The van der Waals surface area contributed by atoms with Crippen molar-refractivity contribution in [2.75, 3.05) is 7.11 Å². The summed E-state index contributed by atoms with van der Waals surface area (Å²) in [6.07, 6.45) is 0. The van der Waals surface area contributed by atoms with Gasteiger partial charge in [0.25, 0.3) is 0 Å². The summed E-state index contributed by atoms with van der Waals surface area (Å²) >= 11 is 6.21. The highest BCUT2D eigenvalue weighted by molar-refractivity contribution is 6.33. The van der Waals surface area contributed by atoms with Crippen LogP contribution >= 0.6 is 11.6 Å². The lowest BCUT2D eigenvalue weighted by atomic mass is 9.86. The molecule has 0 N–H and O–H groups in total. The normalized spacial score (nSPS) is 10.9. The summed E-state index contributed by atoms with van der Waals surface area (Å²) in [6.45, 7) is 13.2. The number of hydrogen-bond donors (Lipinski definition) is 0. The first kappa shape index (κ1) is 11.9. The van der Waals surface area contributed by atoms with Gasteiger partial charge in [0, 0.05) is 0 Å². The third kappa shape index (κ3) is 2.24. The third-order valence-electron chi connectivity index (χ3n) is 2.21. The fourth-order valence-electron chi connectivity index (χ4n) is 1.41. The van der Waals surface area contributed by atoms with Gasteiger partial charge >= 0.3 is 0 Å². The van der Waals surface area contributed by atoms with Crippen LogP contribution in [0.1, 0.15) is 26.3 Å². The van der Waals surface area contributed by atoms with Gasteiger partial charge < -0.3 is 4.74 Å². The Balaban J connectivity index is 3.44. The van der Waals surface area contributed by atoms with Crippen LogP contribution in [0.5, 0.6) is 5.75 Å². The Morgan fingerprint density at radius 3 is 2.33 bits per heavy atom. The summed E-state index contributed by atoms with van der Waals surface area (Å²) in [5.41, 5.74) is 1.40. The molecule has 1 aromatic carbocycles. The molecule has 0 bridgehead atoms. The number of hydrogen-bond acceptors (Lipinski definition) is 1. The molecule has 0 aliphatic carbocycles. The number of ether oxygens (including phenoxy) is 1. The van der Waals surface area contributed by atoms with E-state index >= 15 is 0 Å². The van der Waals surface area contributed by atoms with E-state index in [2.05, 4.69) is 25.6 Å².